The monoisotopic (exact) mass is 312 g/mol. The highest BCUT2D eigenvalue weighted by Crippen LogP contribution is 2.20. The van der Waals surface area contributed by atoms with Gasteiger partial charge in [0.2, 0.25) is 0 Å². The summed E-state index contributed by atoms with van der Waals surface area (Å²) in [5.74, 6) is -0.355. The van der Waals surface area contributed by atoms with E-state index in [9.17, 15) is 9.50 Å². The Labute approximate surface area is 128 Å². The van der Waals surface area contributed by atoms with Crippen LogP contribution in [0.3, 0.4) is 0 Å². The highest BCUT2D eigenvalue weighted by atomic mass is 35.5. The Bertz CT molecular complexity index is 569. The molecule has 1 nitrogen and oxygen atoms in total. The van der Waals surface area contributed by atoms with Gasteiger partial charge in [-0.1, -0.05) is 41.4 Å². The summed E-state index contributed by atoms with van der Waals surface area (Å²) in [5, 5.41) is 10.3. The minimum atomic E-state index is -0.423. The minimum absolute atomic E-state index is 0.0671. The Hall–Kier alpha value is -1.09. The maximum atomic E-state index is 13.1. The summed E-state index contributed by atoms with van der Waals surface area (Å²) >= 11 is 11.6. The molecule has 20 heavy (non-hydrogen) atoms. The first-order chi connectivity index (χ1) is 9.58. The number of benzene rings is 2. The van der Waals surface area contributed by atoms with Crippen molar-refractivity contribution < 1.29 is 9.50 Å². The highest BCUT2D eigenvalue weighted by Gasteiger charge is 2.11. The van der Waals surface area contributed by atoms with Gasteiger partial charge in [-0.25, -0.2) is 4.39 Å². The summed E-state index contributed by atoms with van der Waals surface area (Å²) in [7, 11) is 0. The van der Waals surface area contributed by atoms with Gasteiger partial charge in [0.15, 0.2) is 0 Å². The van der Waals surface area contributed by atoms with Crippen LogP contribution in [-0.2, 0) is 12.8 Å². The van der Waals surface area contributed by atoms with Crippen molar-refractivity contribution in [2.24, 2.45) is 5.92 Å². The maximum absolute atomic E-state index is 13.1. The van der Waals surface area contributed by atoms with Crippen molar-refractivity contribution in [3.05, 3.63) is 69.5 Å². The van der Waals surface area contributed by atoms with Crippen LogP contribution in [-0.4, -0.2) is 11.7 Å². The van der Waals surface area contributed by atoms with Crippen molar-refractivity contribution in [3.63, 3.8) is 0 Å². The van der Waals surface area contributed by atoms with Gasteiger partial charge < -0.3 is 5.11 Å². The second-order valence-corrected chi connectivity index (χ2v) is 5.68. The lowest BCUT2D eigenvalue weighted by Crippen LogP contribution is -2.13. The zero-order valence-corrected chi connectivity index (χ0v) is 12.3. The SMILES string of the molecule is OCC(Cc1ccc(Cl)cc1)Cc1ccc(F)c(Cl)c1. The summed E-state index contributed by atoms with van der Waals surface area (Å²) in [4.78, 5) is 0. The largest absolute Gasteiger partial charge is 0.396 e. The van der Waals surface area contributed by atoms with Crippen molar-refractivity contribution in [1.82, 2.24) is 0 Å². The van der Waals surface area contributed by atoms with Crippen LogP contribution in [0.4, 0.5) is 4.39 Å². The Kier molecular flexibility index (Phi) is 5.41. The molecule has 1 unspecified atom stereocenters. The minimum Gasteiger partial charge on any atom is -0.396 e. The first kappa shape index (κ1) is 15.3. The highest BCUT2D eigenvalue weighted by molar-refractivity contribution is 6.31. The third-order valence-corrected chi connectivity index (χ3v) is 3.75. The van der Waals surface area contributed by atoms with Gasteiger partial charge in [-0.3, -0.25) is 0 Å². The molecule has 0 aliphatic rings. The van der Waals surface area contributed by atoms with Crippen molar-refractivity contribution in [2.45, 2.75) is 12.8 Å². The van der Waals surface area contributed by atoms with E-state index in [1.165, 1.54) is 6.07 Å². The second-order valence-electron chi connectivity index (χ2n) is 4.83. The number of rotatable bonds is 5. The molecule has 0 aliphatic heterocycles. The van der Waals surface area contributed by atoms with Crippen LogP contribution in [0.25, 0.3) is 0 Å². The van der Waals surface area contributed by atoms with E-state index in [0.29, 0.717) is 11.4 Å². The summed E-state index contributed by atoms with van der Waals surface area (Å²) in [6.45, 7) is 0.0671. The van der Waals surface area contributed by atoms with E-state index in [1.54, 1.807) is 12.1 Å². The molecule has 2 aromatic rings. The number of hydrogen-bond acceptors (Lipinski definition) is 1. The Balaban J connectivity index is 2.04. The molecule has 0 radical (unpaired) electrons. The van der Waals surface area contributed by atoms with E-state index in [4.69, 9.17) is 23.2 Å². The van der Waals surface area contributed by atoms with E-state index in [-0.39, 0.29) is 17.5 Å². The van der Waals surface area contributed by atoms with Crippen LogP contribution in [0, 0.1) is 11.7 Å². The second kappa shape index (κ2) is 7.07. The quantitative estimate of drug-likeness (QED) is 0.860. The van der Waals surface area contributed by atoms with E-state index in [2.05, 4.69) is 0 Å². The van der Waals surface area contributed by atoms with E-state index in [0.717, 1.165) is 17.5 Å². The van der Waals surface area contributed by atoms with E-state index < -0.39 is 5.82 Å². The average molecular weight is 313 g/mol. The molecule has 0 spiro atoms. The van der Waals surface area contributed by atoms with E-state index in [1.807, 2.05) is 24.3 Å². The average Bonchev–Trinajstić information content (AvgIpc) is 2.44. The third kappa shape index (κ3) is 4.20. The molecule has 0 saturated carbocycles. The Morgan fingerprint density at radius 2 is 1.55 bits per heavy atom. The Morgan fingerprint density at radius 1 is 0.950 bits per heavy atom. The smallest absolute Gasteiger partial charge is 0.141 e. The molecule has 2 aromatic carbocycles. The van der Waals surface area contributed by atoms with Gasteiger partial charge in [-0.15, -0.1) is 0 Å². The van der Waals surface area contributed by atoms with Gasteiger partial charge in [-0.2, -0.15) is 0 Å². The van der Waals surface area contributed by atoms with Crippen LogP contribution < -0.4 is 0 Å². The fraction of sp³-hybridized carbons (Fsp3) is 0.250. The molecule has 0 bridgehead atoms. The van der Waals surface area contributed by atoms with Crippen LogP contribution in [0.1, 0.15) is 11.1 Å². The molecule has 0 saturated heterocycles. The lowest BCUT2D eigenvalue weighted by molar-refractivity contribution is 0.225. The van der Waals surface area contributed by atoms with Crippen molar-refractivity contribution in [1.29, 1.82) is 0 Å². The lowest BCUT2D eigenvalue weighted by Gasteiger charge is -2.14. The molecule has 0 amide bonds. The molecule has 0 heterocycles. The van der Waals surface area contributed by atoms with Crippen LogP contribution in [0.5, 0.6) is 0 Å². The predicted molar refractivity (Wildman–Crippen MR) is 80.8 cm³/mol. The third-order valence-electron chi connectivity index (χ3n) is 3.20. The van der Waals surface area contributed by atoms with Gasteiger partial charge in [0.25, 0.3) is 0 Å². The molecule has 1 N–H and O–H groups in total. The fourth-order valence-corrected chi connectivity index (χ4v) is 2.48. The van der Waals surface area contributed by atoms with Gasteiger partial charge >= 0.3 is 0 Å². The number of aliphatic hydroxyl groups excluding tert-OH is 1. The maximum Gasteiger partial charge on any atom is 0.141 e. The standard InChI is InChI=1S/C16H15Cl2FO/c17-14-4-1-11(2-5-14)7-13(10-20)8-12-3-6-16(19)15(18)9-12/h1-6,9,13,20H,7-8,10H2. The summed E-state index contributed by atoms with van der Waals surface area (Å²) in [5.41, 5.74) is 2.03. The first-order valence-electron chi connectivity index (χ1n) is 6.37. The molecule has 1 atom stereocenters. The molecular weight excluding hydrogens is 298 g/mol. The fourth-order valence-electron chi connectivity index (χ4n) is 2.16. The molecule has 2 rings (SSSR count). The molecular formula is C16H15Cl2FO. The molecule has 106 valence electrons. The first-order valence-corrected chi connectivity index (χ1v) is 7.13. The summed E-state index contributed by atoms with van der Waals surface area (Å²) in [6, 6.07) is 12.2. The topological polar surface area (TPSA) is 20.2 Å². The van der Waals surface area contributed by atoms with Crippen molar-refractivity contribution in [3.8, 4) is 0 Å². The lowest BCUT2D eigenvalue weighted by atomic mass is 9.93. The van der Waals surface area contributed by atoms with Gasteiger partial charge in [0.1, 0.15) is 5.82 Å². The summed E-state index contributed by atoms with van der Waals surface area (Å²) < 4.78 is 13.1. The number of hydrogen-bond donors (Lipinski definition) is 1. The van der Waals surface area contributed by atoms with Gasteiger partial charge in [0, 0.05) is 11.6 Å². The van der Waals surface area contributed by atoms with Crippen LogP contribution >= 0.6 is 23.2 Å². The zero-order chi connectivity index (χ0) is 14.5. The molecule has 0 fully saturated rings. The van der Waals surface area contributed by atoms with E-state index >= 15 is 0 Å². The van der Waals surface area contributed by atoms with Crippen LogP contribution in [0.2, 0.25) is 10.0 Å². The molecule has 0 aromatic heterocycles. The number of halogens is 3. The Morgan fingerprint density at radius 3 is 2.15 bits per heavy atom. The molecule has 0 aliphatic carbocycles. The normalized spacial score (nSPS) is 12.4. The van der Waals surface area contributed by atoms with Crippen molar-refractivity contribution in [2.75, 3.05) is 6.61 Å². The predicted octanol–water partition coefficient (Wildman–Crippen LogP) is 4.53. The van der Waals surface area contributed by atoms with Crippen molar-refractivity contribution >= 4 is 23.2 Å². The van der Waals surface area contributed by atoms with Gasteiger partial charge in [-0.05, 0) is 54.2 Å². The van der Waals surface area contributed by atoms with Crippen LogP contribution in [0.15, 0.2) is 42.5 Å². The molecule has 4 heteroatoms. The zero-order valence-electron chi connectivity index (χ0n) is 10.8. The summed E-state index contributed by atoms with van der Waals surface area (Å²) in [6.07, 6.45) is 1.39. The van der Waals surface area contributed by atoms with Gasteiger partial charge in [0.05, 0.1) is 5.02 Å². The number of aliphatic hydroxyl groups is 1.